The summed E-state index contributed by atoms with van der Waals surface area (Å²) < 4.78 is 5.53. The number of amides is 2. The molecule has 2 aliphatic rings. The lowest BCUT2D eigenvalue weighted by atomic mass is 10.3. The van der Waals surface area contributed by atoms with E-state index in [2.05, 4.69) is 5.32 Å². The van der Waals surface area contributed by atoms with Crippen LogP contribution in [0.4, 0.5) is 5.69 Å². The summed E-state index contributed by atoms with van der Waals surface area (Å²) in [4.78, 5) is 25.5. The maximum Gasteiger partial charge on any atom is 0.260 e. The molecule has 1 atom stereocenters. The van der Waals surface area contributed by atoms with E-state index in [4.69, 9.17) is 10.5 Å². The number of anilines is 1. The van der Waals surface area contributed by atoms with E-state index >= 15 is 0 Å². The number of rotatable bonds is 5. The molecule has 1 aromatic rings. The third kappa shape index (κ3) is 3.76. The highest BCUT2D eigenvalue weighted by atomic mass is 16.5. The van der Waals surface area contributed by atoms with Gasteiger partial charge in [-0.1, -0.05) is 6.07 Å². The van der Waals surface area contributed by atoms with Gasteiger partial charge in [-0.2, -0.15) is 0 Å². The second-order valence-electron chi connectivity index (χ2n) is 5.97. The van der Waals surface area contributed by atoms with Crippen LogP contribution in [0.3, 0.4) is 0 Å². The van der Waals surface area contributed by atoms with Gasteiger partial charge < -0.3 is 20.7 Å². The van der Waals surface area contributed by atoms with Crippen LogP contribution in [0.2, 0.25) is 0 Å². The zero-order valence-corrected chi connectivity index (χ0v) is 12.5. The van der Waals surface area contributed by atoms with E-state index < -0.39 is 0 Å². The molecule has 1 aliphatic carbocycles. The third-order valence-electron chi connectivity index (χ3n) is 3.99. The quantitative estimate of drug-likeness (QED) is 0.849. The van der Waals surface area contributed by atoms with Crippen molar-refractivity contribution in [1.82, 2.24) is 4.90 Å². The van der Waals surface area contributed by atoms with Gasteiger partial charge in [0.1, 0.15) is 5.75 Å². The summed E-state index contributed by atoms with van der Waals surface area (Å²) in [6, 6.07) is 7.20. The summed E-state index contributed by atoms with van der Waals surface area (Å²) in [5.41, 5.74) is 6.49. The Labute approximate surface area is 129 Å². The molecule has 3 N–H and O–H groups in total. The van der Waals surface area contributed by atoms with Crippen LogP contribution in [0.5, 0.6) is 5.75 Å². The fourth-order valence-corrected chi connectivity index (χ4v) is 2.50. The van der Waals surface area contributed by atoms with Gasteiger partial charge in [0.2, 0.25) is 5.91 Å². The number of carbonyl (C=O) groups is 2. The van der Waals surface area contributed by atoms with E-state index in [0.29, 0.717) is 24.5 Å². The van der Waals surface area contributed by atoms with Crippen LogP contribution in [0.15, 0.2) is 24.3 Å². The van der Waals surface area contributed by atoms with Crippen molar-refractivity contribution in [3.8, 4) is 5.75 Å². The van der Waals surface area contributed by atoms with Gasteiger partial charge >= 0.3 is 0 Å². The fourth-order valence-electron chi connectivity index (χ4n) is 2.50. The van der Waals surface area contributed by atoms with Crippen LogP contribution in [-0.4, -0.2) is 42.5 Å². The lowest BCUT2D eigenvalue weighted by Crippen LogP contribution is -2.35. The summed E-state index contributed by atoms with van der Waals surface area (Å²) in [6.45, 7) is 1.28. The topological polar surface area (TPSA) is 84.7 Å². The van der Waals surface area contributed by atoms with E-state index in [9.17, 15) is 9.59 Å². The molecule has 118 valence electrons. The van der Waals surface area contributed by atoms with Gasteiger partial charge in [0.15, 0.2) is 6.61 Å². The van der Waals surface area contributed by atoms with Crippen molar-refractivity contribution >= 4 is 17.5 Å². The second kappa shape index (κ2) is 6.36. The van der Waals surface area contributed by atoms with Crippen LogP contribution in [0.25, 0.3) is 0 Å². The molecule has 6 nitrogen and oxygen atoms in total. The Balaban J connectivity index is 1.51. The van der Waals surface area contributed by atoms with Gasteiger partial charge in [0, 0.05) is 36.8 Å². The number of likely N-dealkylation sites (tertiary alicyclic amines) is 1. The highest BCUT2D eigenvalue weighted by Gasteiger charge is 2.29. The predicted molar refractivity (Wildman–Crippen MR) is 82.5 cm³/mol. The number of nitrogens with zero attached hydrogens (tertiary/aromatic N) is 1. The highest BCUT2D eigenvalue weighted by Crippen LogP contribution is 2.30. The van der Waals surface area contributed by atoms with E-state index in [0.717, 1.165) is 19.3 Å². The number of hydrogen-bond acceptors (Lipinski definition) is 4. The molecule has 3 rings (SSSR count). The molecule has 22 heavy (non-hydrogen) atoms. The Morgan fingerprint density at radius 1 is 1.32 bits per heavy atom. The molecule has 0 aromatic heterocycles. The SMILES string of the molecule is N[C@@H]1CCN(C(=O)COc2cccc(NC(=O)C3CC3)c2)C1. The summed E-state index contributed by atoms with van der Waals surface area (Å²) >= 11 is 0. The summed E-state index contributed by atoms with van der Waals surface area (Å²) in [5, 5.41) is 2.86. The minimum Gasteiger partial charge on any atom is -0.484 e. The number of carbonyl (C=O) groups excluding carboxylic acids is 2. The average molecular weight is 303 g/mol. The van der Waals surface area contributed by atoms with Crippen LogP contribution in [-0.2, 0) is 9.59 Å². The molecule has 0 unspecified atom stereocenters. The monoisotopic (exact) mass is 303 g/mol. The Hall–Kier alpha value is -2.08. The van der Waals surface area contributed by atoms with Crippen LogP contribution in [0, 0.1) is 5.92 Å². The Morgan fingerprint density at radius 3 is 2.82 bits per heavy atom. The van der Waals surface area contributed by atoms with E-state index in [1.807, 2.05) is 6.07 Å². The van der Waals surface area contributed by atoms with E-state index in [-0.39, 0.29) is 30.4 Å². The molecule has 2 amide bonds. The van der Waals surface area contributed by atoms with Gasteiger partial charge in [-0.05, 0) is 31.4 Å². The number of benzene rings is 1. The summed E-state index contributed by atoms with van der Waals surface area (Å²) in [6.07, 6.45) is 2.78. The molecule has 0 spiro atoms. The largest absolute Gasteiger partial charge is 0.484 e. The molecular weight excluding hydrogens is 282 g/mol. The van der Waals surface area contributed by atoms with Crippen LogP contribution < -0.4 is 15.8 Å². The molecule has 2 fully saturated rings. The lowest BCUT2D eigenvalue weighted by Gasteiger charge is -2.16. The van der Waals surface area contributed by atoms with E-state index in [1.54, 1.807) is 23.1 Å². The molecule has 6 heteroatoms. The number of nitrogens with one attached hydrogen (secondary N) is 1. The first-order chi connectivity index (χ1) is 10.6. The molecule has 1 heterocycles. The first-order valence-corrected chi connectivity index (χ1v) is 7.69. The Morgan fingerprint density at radius 2 is 2.14 bits per heavy atom. The maximum absolute atomic E-state index is 12.0. The minimum absolute atomic E-state index is 0.00720. The molecular formula is C16H21N3O3. The van der Waals surface area contributed by atoms with Gasteiger partial charge in [0.25, 0.3) is 5.91 Å². The number of hydrogen-bond donors (Lipinski definition) is 2. The van der Waals surface area contributed by atoms with Crippen molar-refractivity contribution in [3.63, 3.8) is 0 Å². The second-order valence-corrected chi connectivity index (χ2v) is 5.97. The normalized spacial score (nSPS) is 20.8. The zero-order chi connectivity index (χ0) is 15.5. The zero-order valence-electron chi connectivity index (χ0n) is 12.5. The first-order valence-electron chi connectivity index (χ1n) is 7.69. The number of ether oxygens (including phenoxy) is 1. The smallest absolute Gasteiger partial charge is 0.260 e. The lowest BCUT2D eigenvalue weighted by molar-refractivity contribution is -0.132. The Bertz CT molecular complexity index is 572. The molecule has 1 aliphatic heterocycles. The molecule has 0 bridgehead atoms. The first kappa shape index (κ1) is 14.8. The van der Waals surface area contributed by atoms with Crippen molar-refractivity contribution in [2.75, 3.05) is 25.0 Å². The maximum atomic E-state index is 12.0. The van der Waals surface area contributed by atoms with Gasteiger partial charge in [-0.25, -0.2) is 0 Å². The number of nitrogens with two attached hydrogens (primary N) is 1. The minimum atomic E-state index is -0.0552. The molecule has 1 saturated heterocycles. The van der Waals surface area contributed by atoms with Crippen LogP contribution >= 0.6 is 0 Å². The van der Waals surface area contributed by atoms with Gasteiger partial charge in [-0.3, -0.25) is 9.59 Å². The molecule has 1 saturated carbocycles. The van der Waals surface area contributed by atoms with Crippen molar-refractivity contribution in [2.45, 2.75) is 25.3 Å². The van der Waals surface area contributed by atoms with Crippen molar-refractivity contribution in [1.29, 1.82) is 0 Å². The van der Waals surface area contributed by atoms with E-state index in [1.165, 1.54) is 0 Å². The van der Waals surface area contributed by atoms with Crippen molar-refractivity contribution < 1.29 is 14.3 Å². The standard InChI is InChI=1S/C16H21N3O3/c17-12-6-7-19(9-12)15(20)10-22-14-3-1-2-13(8-14)18-16(21)11-4-5-11/h1-3,8,11-12H,4-7,9-10,17H2,(H,18,21)/t12-/m1/s1. The fraction of sp³-hybridized carbons (Fsp3) is 0.500. The average Bonchev–Trinajstić information content (AvgIpc) is 3.27. The predicted octanol–water partition coefficient (Wildman–Crippen LogP) is 0.973. The summed E-state index contributed by atoms with van der Waals surface area (Å²) in [7, 11) is 0. The summed E-state index contributed by atoms with van der Waals surface area (Å²) in [5.74, 6) is 0.732. The van der Waals surface area contributed by atoms with Crippen LogP contribution in [0.1, 0.15) is 19.3 Å². The Kier molecular flexibility index (Phi) is 4.29. The third-order valence-corrected chi connectivity index (χ3v) is 3.99. The highest BCUT2D eigenvalue weighted by molar-refractivity contribution is 5.94. The van der Waals surface area contributed by atoms with Crippen molar-refractivity contribution in [3.05, 3.63) is 24.3 Å². The van der Waals surface area contributed by atoms with Gasteiger partial charge in [0.05, 0.1) is 0 Å². The van der Waals surface area contributed by atoms with Crippen molar-refractivity contribution in [2.24, 2.45) is 11.7 Å². The molecule has 0 radical (unpaired) electrons. The molecule has 1 aromatic carbocycles. The van der Waals surface area contributed by atoms with Gasteiger partial charge in [-0.15, -0.1) is 0 Å².